The molecule has 1 heterocycles. The first-order chi connectivity index (χ1) is 16.5. The van der Waals surface area contributed by atoms with Gasteiger partial charge in [0.05, 0.1) is 15.7 Å². The quantitative estimate of drug-likeness (QED) is 0.188. The minimum atomic E-state index is -0.334. The van der Waals surface area contributed by atoms with Crippen LogP contribution in [0.15, 0.2) is 78.0 Å². The van der Waals surface area contributed by atoms with Crippen LogP contribution in [0.3, 0.4) is 0 Å². The van der Waals surface area contributed by atoms with E-state index in [9.17, 15) is 9.18 Å². The number of carbonyl (C=O) groups excluding carboxylic acids is 1. The van der Waals surface area contributed by atoms with Gasteiger partial charge in [0.25, 0.3) is 0 Å². The van der Waals surface area contributed by atoms with Crippen molar-refractivity contribution in [2.75, 3.05) is 11.1 Å². The first kappa shape index (κ1) is 24.3. The Bertz CT molecular complexity index is 1270. The lowest BCUT2D eigenvalue weighted by Crippen LogP contribution is -2.11. The highest BCUT2D eigenvalue weighted by Gasteiger charge is 2.17. The first-order valence-electron chi connectivity index (χ1n) is 10.7. The number of nitrogens with zero attached hydrogens (tertiary/aromatic N) is 3. The fourth-order valence-corrected chi connectivity index (χ4v) is 4.55. The predicted octanol–water partition coefficient (Wildman–Crippen LogP) is 7.28. The molecule has 1 amide bonds. The Labute approximate surface area is 211 Å². The number of halogens is 3. The van der Waals surface area contributed by atoms with Gasteiger partial charge in [0, 0.05) is 23.4 Å². The van der Waals surface area contributed by atoms with Crippen LogP contribution in [0.4, 0.5) is 10.1 Å². The van der Waals surface area contributed by atoms with Gasteiger partial charge < -0.3 is 5.32 Å². The lowest BCUT2D eigenvalue weighted by atomic mass is 10.2. The van der Waals surface area contributed by atoms with Crippen LogP contribution in [0.1, 0.15) is 19.3 Å². The maximum Gasteiger partial charge on any atom is 0.224 e. The molecule has 0 saturated heterocycles. The SMILES string of the molecule is O=C(CCCCSc1nnc(-c2ccccc2)n1-c1ccc(Cl)c(Cl)c1)Nc1ccc(F)cc1. The third kappa shape index (κ3) is 6.17. The second kappa shape index (κ2) is 11.5. The number of rotatable bonds is 9. The van der Waals surface area contributed by atoms with Crippen LogP contribution < -0.4 is 5.32 Å². The lowest BCUT2D eigenvalue weighted by molar-refractivity contribution is -0.116. The van der Waals surface area contributed by atoms with Crippen molar-refractivity contribution in [2.24, 2.45) is 0 Å². The molecule has 1 aromatic heterocycles. The molecule has 0 spiro atoms. The van der Waals surface area contributed by atoms with Gasteiger partial charge in [0.1, 0.15) is 5.82 Å². The molecule has 0 atom stereocenters. The Kier molecular flexibility index (Phi) is 8.21. The van der Waals surface area contributed by atoms with E-state index >= 15 is 0 Å². The zero-order valence-corrected chi connectivity index (χ0v) is 20.4. The fraction of sp³-hybridized carbons (Fsp3) is 0.160. The van der Waals surface area contributed by atoms with Crippen LogP contribution in [-0.4, -0.2) is 26.4 Å². The molecule has 0 fully saturated rings. The first-order valence-corrected chi connectivity index (χ1v) is 12.4. The molecule has 9 heteroatoms. The standard InChI is InChI=1S/C25H21Cl2FN4OS/c26-21-14-13-20(16-22(21)27)32-24(17-6-2-1-3-7-17)30-31-25(32)34-15-5-4-8-23(33)29-19-11-9-18(28)10-12-19/h1-3,6-7,9-14,16H,4-5,8,15H2,(H,29,33). The monoisotopic (exact) mass is 514 g/mol. The van der Waals surface area contributed by atoms with E-state index in [1.54, 1.807) is 36.0 Å². The third-order valence-electron chi connectivity index (χ3n) is 4.98. The van der Waals surface area contributed by atoms with Crippen LogP contribution in [-0.2, 0) is 4.79 Å². The summed E-state index contributed by atoms with van der Waals surface area (Å²) in [7, 11) is 0. The second-order valence-electron chi connectivity index (χ2n) is 7.47. The molecule has 0 aliphatic carbocycles. The van der Waals surface area contributed by atoms with Crippen molar-refractivity contribution in [3.63, 3.8) is 0 Å². The highest BCUT2D eigenvalue weighted by Crippen LogP contribution is 2.31. The number of anilines is 1. The number of benzene rings is 3. The number of carbonyl (C=O) groups is 1. The molecule has 0 aliphatic rings. The highest BCUT2D eigenvalue weighted by molar-refractivity contribution is 7.99. The Morgan fingerprint density at radius 1 is 0.941 bits per heavy atom. The van der Waals surface area contributed by atoms with Gasteiger partial charge in [-0.25, -0.2) is 4.39 Å². The normalized spacial score (nSPS) is 10.9. The Morgan fingerprint density at radius 2 is 1.71 bits per heavy atom. The van der Waals surface area contributed by atoms with E-state index in [2.05, 4.69) is 15.5 Å². The summed E-state index contributed by atoms with van der Waals surface area (Å²) < 4.78 is 14.9. The average Bonchev–Trinajstić information content (AvgIpc) is 3.26. The summed E-state index contributed by atoms with van der Waals surface area (Å²) in [6, 6.07) is 21.0. The minimum absolute atomic E-state index is 0.0954. The predicted molar refractivity (Wildman–Crippen MR) is 136 cm³/mol. The third-order valence-corrected chi connectivity index (χ3v) is 6.74. The summed E-state index contributed by atoms with van der Waals surface area (Å²) in [4.78, 5) is 12.1. The summed E-state index contributed by atoms with van der Waals surface area (Å²) in [6.45, 7) is 0. The number of aromatic nitrogens is 3. The number of hydrogen-bond donors (Lipinski definition) is 1. The molecule has 4 rings (SSSR count). The summed E-state index contributed by atoms with van der Waals surface area (Å²) in [5.41, 5.74) is 2.34. The maximum absolute atomic E-state index is 13.0. The average molecular weight is 515 g/mol. The largest absolute Gasteiger partial charge is 0.326 e. The summed E-state index contributed by atoms with van der Waals surface area (Å²) in [5.74, 6) is 1.04. The topological polar surface area (TPSA) is 59.8 Å². The highest BCUT2D eigenvalue weighted by atomic mass is 35.5. The van der Waals surface area contributed by atoms with Gasteiger partial charge in [-0.05, 0) is 55.3 Å². The van der Waals surface area contributed by atoms with Crippen molar-refractivity contribution in [1.29, 1.82) is 0 Å². The van der Waals surface area contributed by atoms with E-state index in [1.807, 2.05) is 41.0 Å². The molecule has 3 aromatic carbocycles. The molecule has 0 unspecified atom stereocenters. The van der Waals surface area contributed by atoms with Gasteiger partial charge in [-0.15, -0.1) is 10.2 Å². The molecule has 0 bridgehead atoms. The molecule has 34 heavy (non-hydrogen) atoms. The smallest absolute Gasteiger partial charge is 0.224 e. The number of thioether (sulfide) groups is 1. The van der Waals surface area contributed by atoms with Crippen molar-refractivity contribution in [2.45, 2.75) is 24.4 Å². The molecular formula is C25H21Cl2FN4OS. The van der Waals surface area contributed by atoms with Gasteiger partial charge in [-0.3, -0.25) is 9.36 Å². The molecule has 4 aromatic rings. The van der Waals surface area contributed by atoms with Crippen LogP contribution in [0.5, 0.6) is 0 Å². The Morgan fingerprint density at radius 3 is 2.44 bits per heavy atom. The minimum Gasteiger partial charge on any atom is -0.326 e. The van der Waals surface area contributed by atoms with E-state index in [0.717, 1.165) is 28.6 Å². The summed E-state index contributed by atoms with van der Waals surface area (Å²) in [5, 5.41) is 13.3. The van der Waals surface area contributed by atoms with Gasteiger partial charge in [-0.2, -0.15) is 0 Å². The Hall–Kier alpha value is -2.87. The molecule has 5 nitrogen and oxygen atoms in total. The molecule has 0 aliphatic heterocycles. The van der Waals surface area contributed by atoms with E-state index in [-0.39, 0.29) is 11.7 Å². The summed E-state index contributed by atoms with van der Waals surface area (Å²) >= 11 is 14.0. The van der Waals surface area contributed by atoms with Gasteiger partial charge in [-0.1, -0.05) is 65.3 Å². The van der Waals surface area contributed by atoms with Crippen molar-refractivity contribution < 1.29 is 9.18 Å². The van der Waals surface area contributed by atoms with E-state index < -0.39 is 0 Å². The van der Waals surface area contributed by atoms with Gasteiger partial charge in [0.2, 0.25) is 5.91 Å². The van der Waals surface area contributed by atoms with E-state index in [0.29, 0.717) is 34.4 Å². The zero-order valence-electron chi connectivity index (χ0n) is 18.0. The second-order valence-corrected chi connectivity index (χ2v) is 9.34. The Balaban J connectivity index is 1.40. The number of unbranched alkanes of at least 4 members (excludes halogenated alkanes) is 1. The lowest BCUT2D eigenvalue weighted by Gasteiger charge is -2.11. The summed E-state index contributed by atoms with van der Waals surface area (Å²) in [6.07, 6.45) is 1.91. The van der Waals surface area contributed by atoms with E-state index in [1.165, 1.54) is 12.1 Å². The fourth-order valence-electron chi connectivity index (χ4n) is 3.30. The van der Waals surface area contributed by atoms with Crippen molar-refractivity contribution >= 4 is 46.6 Å². The molecule has 1 N–H and O–H groups in total. The van der Waals surface area contributed by atoms with Crippen molar-refractivity contribution in [1.82, 2.24) is 14.8 Å². The molecular weight excluding hydrogens is 494 g/mol. The molecule has 174 valence electrons. The zero-order chi connectivity index (χ0) is 23.9. The van der Waals surface area contributed by atoms with Crippen molar-refractivity contribution in [3.05, 3.63) is 88.7 Å². The number of hydrogen-bond acceptors (Lipinski definition) is 4. The number of amides is 1. The molecule has 0 saturated carbocycles. The van der Waals surface area contributed by atoms with Crippen LogP contribution in [0.25, 0.3) is 17.1 Å². The molecule has 0 radical (unpaired) electrons. The van der Waals surface area contributed by atoms with Crippen molar-refractivity contribution in [3.8, 4) is 17.1 Å². The maximum atomic E-state index is 13.0. The van der Waals surface area contributed by atoms with Crippen LogP contribution >= 0.6 is 35.0 Å². The van der Waals surface area contributed by atoms with Crippen LogP contribution in [0.2, 0.25) is 10.0 Å². The van der Waals surface area contributed by atoms with Gasteiger partial charge >= 0.3 is 0 Å². The van der Waals surface area contributed by atoms with Gasteiger partial charge in [0.15, 0.2) is 11.0 Å². The van der Waals surface area contributed by atoms with E-state index in [4.69, 9.17) is 23.2 Å². The number of nitrogens with one attached hydrogen (secondary N) is 1. The van der Waals surface area contributed by atoms with Crippen LogP contribution in [0, 0.1) is 5.82 Å².